The molecule has 3 rings (SSSR count). The first-order valence-corrected chi connectivity index (χ1v) is 11.7. The number of likely N-dealkylation sites (N-methyl/N-ethyl adjacent to an activating group) is 1. The van der Waals surface area contributed by atoms with Crippen LogP contribution in [0.15, 0.2) is 29.4 Å². The summed E-state index contributed by atoms with van der Waals surface area (Å²) in [5.74, 6) is 0.761. The van der Waals surface area contributed by atoms with Crippen molar-refractivity contribution in [2.45, 2.75) is 20.3 Å². The summed E-state index contributed by atoms with van der Waals surface area (Å²) in [5, 5.41) is 7.58. The van der Waals surface area contributed by atoms with Gasteiger partial charge < -0.3 is 25.2 Å². The molecule has 7 nitrogen and oxygen atoms in total. The summed E-state index contributed by atoms with van der Waals surface area (Å²) in [7, 11) is 0. The van der Waals surface area contributed by atoms with Crippen molar-refractivity contribution in [1.29, 1.82) is 0 Å². The average molecular weight is 433 g/mol. The number of rotatable bonds is 8. The Bertz CT molecular complexity index is 776. The zero-order valence-electron chi connectivity index (χ0n) is 17.9. The first-order valence-electron chi connectivity index (χ1n) is 10.7. The molecular weight excluding hydrogens is 400 g/mol. The molecule has 0 radical (unpaired) electrons. The molecule has 0 bridgehead atoms. The Labute approximate surface area is 183 Å². The Morgan fingerprint density at radius 2 is 1.90 bits per heavy atom. The van der Waals surface area contributed by atoms with Crippen molar-refractivity contribution in [3.8, 4) is 0 Å². The lowest BCUT2D eigenvalue weighted by molar-refractivity contribution is -0.116. The van der Waals surface area contributed by atoms with Crippen molar-refractivity contribution < 1.29 is 14.3 Å². The number of carbonyl (C=O) groups is 2. The maximum atomic E-state index is 12.5. The van der Waals surface area contributed by atoms with Crippen LogP contribution in [0, 0.1) is 6.92 Å². The summed E-state index contributed by atoms with van der Waals surface area (Å²) >= 11 is 1.56. The van der Waals surface area contributed by atoms with Gasteiger partial charge in [-0.15, -0.1) is 11.8 Å². The Hall–Kier alpha value is -2.03. The van der Waals surface area contributed by atoms with Crippen molar-refractivity contribution in [3.63, 3.8) is 0 Å². The molecule has 2 aliphatic rings. The average Bonchev–Trinajstić information content (AvgIpc) is 2.79. The summed E-state index contributed by atoms with van der Waals surface area (Å²) in [6.45, 7) is 11.8. The lowest BCUT2D eigenvalue weighted by Crippen LogP contribution is -2.46. The highest BCUT2D eigenvalue weighted by Crippen LogP contribution is 2.20. The molecule has 164 valence electrons. The predicted molar refractivity (Wildman–Crippen MR) is 122 cm³/mol. The number of nitrogens with zero attached hydrogens (tertiary/aromatic N) is 2. The van der Waals surface area contributed by atoms with Crippen LogP contribution in [-0.4, -0.2) is 79.8 Å². The van der Waals surface area contributed by atoms with Crippen LogP contribution in [0.1, 0.15) is 29.3 Å². The molecule has 0 spiro atoms. The van der Waals surface area contributed by atoms with Crippen LogP contribution in [-0.2, 0) is 9.53 Å². The van der Waals surface area contributed by atoms with Gasteiger partial charge in [0.15, 0.2) is 5.76 Å². The van der Waals surface area contributed by atoms with E-state index >= 15 is 0 Å². The monoisotopic (exact) mass is 432 g/mol. The van der Waals surface area contributed by atoms with Crippen molar-refractivity contribution in [1.82, 2.24) is 15.1 Å². The topological polar surface area (TPSA) is 73.9 Å². The molecule has 30 heavy (non-hydrogen) atoms. The molecule has 8 heteroatoms. The van der Waals surface area contributed by atoms with E-state index in [9.17, 15) is 9.59 Å². The van der Waals surface area contributed by atoms with Crippen LogP contribution >= 0.6 is 11.8 Å². The van der Waals surface area contributed by atoms with E-state index in [0.717, 1.165) is 57.0 Å². The summed E-state index contributed by atoms with van der Waals surface area (Å²) in [6.07, 6.45) is 0.927. The lowest BCUT2D eigenvalue weighted by atomic mass is 10.1. The third-order valence-corrected chi connectivity index (χ3v) is 6.25. The molecule has 1 fully saturated rings. The van der Waals surface area contributed by atoms with Crippen LogP contribution in [0.25, 0.3) is 0 Å². The Morgan fingerprint density at radius 3 is 2.60 bits per heavy atom. The van der Waals surface area contributed by atoms with Crippen molar-refractivity contribution in [2.75, 3.05) is 63.5 Å². The fraction of sp³-hybridized carbons (Fsp3) is 0.545. The molecule has 1 aromatic carbocycles. The molecule has 0 aromatic heterocycles. The van der Waals surface area contributed by atoms with E-state index in [1.807, 2.05) is 13.0 Å². The quantitative estimate of drug-likeness (QED) is 0.614. The predicted octanol–water partition coefficient (Wildman–Crippen LogP) is 2.30. The fourth-order valence-corrected chi connectivity index (χ4v) is 4.13. The Balaban J connectivity index is 1.46. The van der Waals surface area contributed by atoms with Crippen LogP contribution in [0.2, 0.25) is 0 Å². The maximum absolute atomic E-state index is 12.5. The van der Waals surface area contributed by atoms with Gasteiger partial charge in [0.25, 0.3) is 11.8 Å². The Morgan fingerprint density at radius 1 is 1.13 bits per heavy atom. The van der Waals surface area contributed by atoms with Crippen LogP contribution < -0.4 is 10.6 Å². The second-order valence-electron chi connectivity index (χ2n) is 7.57. The van der Waals surface area contributed by atoms with Gasteiger partial charge in [-0.1, -0.05) is 13.0 Å². The first-order chi connectivity index (χ1) is 14.6. The van der Waals surface area contributed by atoms with E-state index in [1.165, 1.54) is 0 Å². The van der Waals surface area contributed by atoms with Gasteiger partial charge in [-0.2, -0.15) is 0 Å². The zero-order valence-corrected chi connectivity index (χ0v) is 18.7. The minimum absolute atomic E-state index is 0.120. The molecule has 1 aromatic rings. The minimum atomic E-state index is -0.286. The molecule has 2 aliphatic heterocycles. The second kappa shape index (κ2) is 11.4. The maximum Gasteiger partial charge on any atom is 0.291 e. The third kappa shape index (κ3) is 6.48. The third-order valence-electron chi connectivity index (χ3n) is 5.47. The normalized spacial score (nSPS) is 17.7. The van der Waals surface area contributed by atoms with E-state index in [-0.39, 0.29) is 11.8 Å². The van der Waals surface area contributed by atoms with Gasteiger partial charge in [-0.25, -0.2) is 0 Å². The number of piperazine rings is 1. The highest BCUT2D eigenvalue weighted by molar-refractivity contribution is 8.02. The van der Waals surface area contributed by atoms with Gasteiger partial charge in [0, 0.05) is 55.1 Å². The highest BCUT2D eigenvalue weighted by Gasteiger charge is 2.17. The van der Waals surface area contributed by atoms with Crippen molar-refractivity contribution in [2.24, 2.45) is 0 Å². The van der Waals surface area contributed by atoms with Gasteiger partial charge in [0.1, 0.15) is 0 Å². The van der Waals surface area contributed by atoms with Gasteiger partial charge >= 0.3 is 0 Å². The summed E-state index contributed by atoms with van der Waals surface area (Å²) in [5.41, 5.74) is 2.07. The van der Waals surface area contributed by atoms with Crippen LogP contribution in [0.3, 0.4) is 0 Å². The molecule has 0 unspecified atom stereocenters. The van der Waals surface area contributed by atoms with E-state index in [2.05, 4.69) is 27.4 Å². The van der Waals surface area contributed by atoms with Gasteiger partial charge in [-0.3, -0.25) is 9.59 Å². The number of nitrogens with one attached hydrogen (secondary N) is 2. The number of thioether (sulfide) groups is 1. The van der Waals surface area contributed by atoms with Gasteiger partial charge in [-0.05, 0) is 44.1 Å². The summed E-state index contributed by atoms with van der Waals surface area (Å²) in [4.78, 5) is 29.8. The number of carbonyl (C=O) groups excluding carboxylic acids is 2. The Kier molecular flexibility index (Phi) is 8.60. The largest absolute Gasteiger partial charge is 0.487 e. The summed E-state index contributed by atoms with van der Waals surface area (Å²) < 4.78 is 5.40. The van der Waals surface area contributed by atoms with E-state index in [4.69, 9.17) is 4.74 Å². The highest BCUT2D eigenvalue weighted by atomic mass is 32.2. The number of anilines is 1. The minimum Gasteiger partial charge on any atom is -0.487 e. The smallest absolute Gasteiger partial charge is 0.291 e. The van der Waals surface area contributed by atoms with Crippen molar-refractivity contribution >= 4 is 29.3 Å². The number of hydrogen-bond acceptors (Lipinski definition) is 6. The molecule has 1 saturated heterocycles. The number of hydrogen-bond donors (Lipinski definition) is 2. The van der Waals surface area contributed by atoms with Gasteiger partial charge in [0.05, 0.1) is 6.61 Å². The number of benzene rings is 1. The molecular formula is C22H32N4O3S. The number of ether oxygens (including phenoxy) is 1. The number of aryl methyl sites for hydroxylation is 1. The summed E-state index contributed by atoms with van der Waals surface area (Å²) in [6, 6.07) is 5.36. The lowest BCUT2D eigenvalue weighted by Gasteiger charge is -2.33. The number of amides is 2. The zero-order chi connectivity index (χ0) is 21.3. The second-order valence-corrected chi connectivity index (χ2v) is 8.55. The van der Waals surface area contributed by atoms with Crippen LogP contribution in [0.5, 0.6) is 0 Å². The molecule has 0 saturated carbocycles. The van der Waals surface area contributed by atoms with E-state index in [1.54, 1.807) is 29.3 Å². The SMILES string of the molecule is CCN1CCN(CCCNC(=O)c2ccc(C)c(NC(=O)C3=CSCCO3)c2)CC1. The van der Waals surface area contributed by atoms with E-state index in [0.29, 0.717) is 30.2 Å². The standard InChI is InChI=1S/C22H32N4O3S/c1-3-25-9-11-26(12-10-25)8-4-7-23-21(27)18-6-5-17(2)19(15-18)24-22(28)20-16-30-14-13-29-20/h5-6,15-16H,3-4,7-14H2,1-2H3,(H,23,27)(H,24,28). The van der Waals surface area contributed by atoms with E-state index < -0.39 is 0 Å². The molecule has 2 amide bonds. The van der Waals surface area contributed by atoms with Crippen LogP contribution in [0.4, 0.5) is 5.69 Å². The first kappa shape index (κ1) is 22.7. The molecule has 2 N–H and O–H groups in total. The van der Waals surface area contributed by atoms with Crippen molar-refractivity contribution in [3.05, 3.63) is 40.5 Å². The molecule has 0 aliphatic carbocycles. The fourth-order valence-electron chi connectivity index (χ4n) is 3.51. The molecule has 2 heterocycles. The molecule has 0 atom stereocenters. The van der Waals surface area contributed by atoms with Gasteiger partial charge in [0.2, 0.25) is 0 Å².